The van der Waals surface area contributed by atoms with Crippen LogP contribution in [0, 0.1) is 0 Å². The molecule has 0 unspecified atom stereocenters. The Morgan fingerprint density at radius 2 is 2.00 bits per heavy atom. The van der Waals surface area contributed by atoms with Crippen LogP contribution in [0.25, 0.3) is 5.57 Å². The number of nitrogens with zero attached hydrogens (tertiary/aromatic N) is 1. The highest BCUT2D eigenvalue weighted by Gasteiger charge is 2.33. The Balaban J connectivity index is 2.32. The summed E-state index contributed by atoms with van der Waals surface area (Å²) in [4.78, 5) is 17.2. The molecule has 1 aliphatic carbocycles. The lowest BCUT2D eigenvalue weighted by Gasteiger charge is -2.16. The number of rotatable bonds is 1. The molecule has 0 radical (unpaired) electrons. The molecule has 0 saturated heterocycles. The Morgan fingerprint density at radius 1 is 1.28 bits per heavy atom. The van der Waals surface area contributed by atoms with E-state index in [1.54, 1.807) is 0 Å². The number of aromatic hydroxyl groups is 1. The number of H-pyrrole nitrogens is 1. The summed E-state index contributed by atoms with van der Waals surface area (Å²) < 4.78 is 37.2. The van der Waals surface area contributed by atoms with Crippen LogP contribution in [-0.4, -0.2) is 21.3 Å². The SMILES string of the molecule is O=c1[nH]c(C2=CC=C(C(F)(F)F)CC2)ncc1O. The first kappa shape index (κ1) is 12.4. The van der Waals surface area contributed by atoms with Crippen LogP contribution in [0.15, 0.2) is 28.7 Å². The molecule has 0 fully saturated rings. The van der Waals surface area contributed by atoms with Crippen molar-refractivity contribution in [1.82, 2.24) is 9.97 Å². The van der Waals surface area contributed by atoms with Gasteiger partial charge in [-0.05, 0) is 18.4 Å². The molecule has 7 heteroatoms. The van der Waals surface area contributed by atoms with Crippen molar-refractivity contribution in [3.8, 4) is 5.75 Å². The van der Waals surface area contributed by atoms with Crippen LogP contribution in [0.1, 0.15) is 18.7 Å². The lowest BCUT2D eigenvalue weighted by molar-refractivity contribution is -0.0939. The van der Waals surface area contributed by atoms with E-state index >= 15 is 0 Å². The lowest BCUT2D eigenvalue weighted by Crippen LogP contribution is -2.15. The first-order chi connectivity index (χ1) is 8.38. The smallest absolute Gasteiger partial charge is 0.412 e. The maximum atomic E-state index is 12.4. The molecule has 0 saturated carbocycles. The summed E-state index contributed by atoms with van der Waals surface area (Å²) >= 11 is 0. The minimum atomic E-state index is -4.32. The molecule has 2 N–H and O–H groups in total. The van der Waals surface area contributed by atoms with Gasteiger partial charge in [0.1, 0.15) is 5.82 Å². The van der Waals surface area contributed by atoms with Gasteiger partial charge < -0.3 is 10.1 Å². The Labute approximate surface area is 99.5 Å². The third-order valence-corrected chi connectivity index (χ3v) is 2.60. The van der Waals surface area contributed by atoms with Crippen LogP contribution in [0.2, 0.25) is 0 Å². The van der Waals surface area contributed by atoms with E-state index in [1.165, 1.54) is 6.08 Å². The number of aromatic nitrogens is 2. The van der Waals surface area contributed by atoms with Gasteiger partial charge in [-0.15, -0.1) is 0 Å². The normalized spacial score (nSPS) is 16.2. The van der Waals surface area contributed by atoms with E-state index in [-0.39, 0.29) is 18.7 Å². The average molecular weight is 258 g/mol. The Kier molecular flexibility index (Phi) is 2.98. The largest absolute Gasteiger partial charge is 0.502 e. The van der Waals surface area contributed by atoms with Gasteiger partial charge in [-0.25, -0.2) is 4.98 Å². The zero-order chi connectivity index (χ0) is 13.3. The molecule has 0 spiro atoms. The van der Waals surface area contributed by atoms with Gasteiger partial charge in [0.05, 0.1) is 6.20 Å². The highest BCUT2D eigenvalue weighted by Crippen LogP contribution is 2.34. The van der Waals surface area contributed by atoms with Crippen LogP contribution < -0.4 is 5.56 Å². The number of hydrogen-bond acceptors (Lipinski definition) is 3. The molecule has 1 heterocycles. The minimum absolute atomic E-state index is 0.138. The van der Waals surface area contributed by atoms with Gasteiger partial charge in [-0.1, -0.05) is 12.2 Å². The molecule has 0 atom stereocenters. The number of nitrogens with one attached hydrogen (secondary N) is 1. The predicted octanol–water partition coefficient (Wildman–Crippen LogP) is 2.14. The van der Waals surface area contributed by atoms with Crippen molar-refractivity contribution in [2.24, 2.45) is 0 Å². The fraction of sp³-hybridized carbons (Fsp3) is 0.273. The molecule has 2 rings (SSSR count). The molecular weight excluding hydrogens is 249 g/mol. The molecule has 0 amide bonds. The molecule has 96 valence electrons. The summed E-state index contributed by atoms with van der Waals surface area (Å²) in [5, 5.41) is 9.00. The molecule has 0 aliphatic heterocycles. The van der Waals surface area contributed by atoms with Gasteiger partial charge in [0, 0.05) is 5.57 Å². The summed E-state index contributed by atoms with van der Waals surface area (Å²) in [6.45, 7) is 0. The van der Waals surface area contributed by atoms with E-state index in [1.807, 2.05) is 0 Å². The second-order valence-electron chi connectivity index (χ2n) is 3.83. The molecule has 18 heavy (non-hydrogen) atoms. The number of allylic oxidation sites excluding steroid dienone is 4. The number of halogens is 3. The van der Waals surface area contributed by atoms with Crippen LogP contribution in [-0.2, 0) is 0 Å². The van der Waals surface area contributed by atoms with E-state index in [0.717, 1.165) is 12.3 Å². The predicted molar refractivity (Wildman–Crippen MR) is 57.9 cm³/mol. The van der Waals surface area contributed by atoms with Gasteiger partial charge in [-0.3, -0.25) is 4.79 Å². The summed E-state index contributed by atoms with van der Waals surface area (Å²) in [5.41, 5.74) is -0.820. The second kappa shape index (κ2) is 4.32. The maximum absolute atomic E-state index is 12.4. The number of alkyl halides is 3. The standard InChI is InChI=1S/C11H9F3N2O2/c12-11(13,14)7-3-1-6(2-4-7)9-15-5-8(17)10(18)16-9/h1,3,5,17H,2,4H2,(H,15,16,18). The van der Waals surface area contributed by atoms with Crippen LogP contribution in [0.3, 0.4) is 0 Å². The topological polar surface area (TPSA) is 66.0 Å². The summed E-state index contributed by atoms with van der Waals surface area (Å²) in [6, 6.07) is 0. The maximum Gasteiger partial charge on any atom is 0.412 e. The van der Waals surface area contributed by atoms with Crippen LogP contribution in [0.5, 0.6) is 5.75 Å². The highest BCUT2D eigenvalue weighted by atomic mass is 19.4. The van der Waals surface area contributed by atoms with E-state index in [9.17, 15) is 18.0 Å². The Morgan fingerprint density at radius 3 is 2.50 bits per heavy atom. The van der Waals surface area contributed by atoms with Crippen molar-refractivity contribution >= 4 is 5.57 Å². The van der Waals surface area contributed by atoms with Crippen molar-refractivity contribution in [2.45, 2.75) is 19.0 Å². The first-order valence-electron chi connectivity index (χ1n) is 5.13. The van der Waals surface area contributed by atoms with E-state index in [0.29, 0.717) is 5.57 Å². The van der Waals surface area contributed by atoms with E-state index in [4.69, 9.17) is 5.11 Å². The molecular formula is C11H9F3N2O2. The van der Waals surface area contributed by atoms with Crippen LogP contribution in [0.4, 0.5) is 13.2 Å². The molecule has 4 nitrogen and oxygen atoms in total. The van der Waals surface area contributed by atoms with Gasteiger partial charge in [0.15, 0.2) is 5.75 Å². The van der Waals surface area contributed by atoms with E-state index < -0.39 is 23.1 Å². The zero-order valence-electron chi connectivity index (χ0n) is 9.08. The highest BCUT2D eigenvalue weighted by molar-refractivity contribution is 5.63. The second-order valence-corrected chi connectivity index (χ2v) is 3.83. The molecule has 0 aromatic carbocycles. The minimum Gasteiger partial charge on any atom is -0.502 e. The van der Waals surface area contributed by atoms with Gasteiger partial charge in [-0.2, -0.15) is 13.2 Å². The first-order valence-corrected chi connectivity index (χ1v) is 5.13. The Bertz CT molecular complexity index is 585. The molecule has 0 bridgehead atoms. The van der Waals surface area contributed by atoms with Crippen LogP contribution >= 0.6 is 0 Å². The van der Waals surface area contributed by atoms with Crippen molar-refractivity contribution < 1.29 is 18.3 Å². The summed E-state index contributed by atoms with van der Waals surface area (Å²) in [5.74, 6) is -0.350. The monoisotopic (exact) mass is 258 g/mol. The Hall–Kier alpha value is -2.05. The summed E-state index contributed by atoms with van der Waals surface area (Å²) in [7, 11) is 0. The van der Waals surface area contributed by atoms with Gasteiger partial charge >= 0.3 is 6.18 Å². The lowest BCUT2D eigenvalue weighted by atomic mass is 9.97. The summed E-state index contributed by atoms with van der Waals surface area (Å²) in [6.07, 6.45) is -1.11. The third-order valence-electron chi connectivity index (χ3n) is 2.60. The fourth-order valence-electron chi connectivity index (χ4n) is 1.62. The number of aromatic amines is 1. The number of hydrogen-bond donors (Lipinski definition) is 2. The average Bonchev–Trinajstić information content (AvgIpc) is 2.32. The van der Waals surface area contributed by atoms with E-state index in [2.05, 4.69) is 9.97 Å². The van der Waals surface area contributed by atoms with Crippen molar-refractivity contribution in [2.75, 3.05) is 0 Å². The van der Waals surface area contributed by atoms with Gasteiger partial charge in [0.25, 0.3) is 5.56 Å². The fourth-order valence-corrected chi connectivity index (χ4v) is 1.62. The zero-order valence-corrected chi connectivity index (χ0v) is 9.08. The quantitative estimate of drug-likeness (QED) is 0.811. The molecule has 1 aliphatic rings. The third kappa shape index (κ3) is 2.44. The molecule has 1 aromatic heterocycles. The van der Waals surface area contributed by atoms with Crippen molar-refractivity contribution in [1.29, 1.82) is 0 Å². The molecule has 1 aromatic rings. The van der Waals surface area contributed by atoms with Crippen molar-refractivity contribution in [3.05, 3.63) is 40.1 Å². The van der Waals surface area contributed by atoms with Gasteiger partial charge in [0.2, 0.25) is 0 Å². The van der Waals surface area contributed by atoms with Crippen molar-refractivity contribution in [3.63, 3.8) is 0 Å².